The molecule has 1 aromatic heterocycles. The van der Waals surface area contributed by atoms with Crippen LogP contribution >= 0.6 is 0 Å². The Bertz CT molecular complexity index is 755. The minimum Gasteiger partial charge on any atom is -0.376 e. The lowest BCUT2D eigenvalue weighted by Crippen LogP contribution is -2.49. The quantitative estimate of drug-likeness (QED) is 0.648. The number of fused-ring (bicyclic) bond motifs is 1. The Labute approximate surface area is 148 Å². The highest BCUT2D eigenvalue weighted by Crippen LogP contribution is 2.37. The Morgan fingerprint density at radius 1 is 1.40 bits per heavy atom. The van der Waals surface area contributed by atoms with Crippen LogP contribution in [0.1, 0.15) is 36.9 Å². The van der Waals surface area contributed by atoms with E-state index in [1.165, 1.54) is 24.0 Å². The zero-order chi connectivity index (χ0) is 17.2. The number of ether oxygens (including phenoxy) is 1. The minimum atomic E-state index is 0.0818. The van der Waals surface area contributed by atoms with E-state index < -0.39 is 0 Å². The Morgan fingerprint density at radius 2 is 2.28 bits per heavy atom. The maximum Gasteiger partial charge on any atom is 0.193 e. The predicted molar refractivity (Wildman–Crippen MR) is 98.8 cm³/mol. The van der Waals surface area contributed by atoms with Gasteiger partial charge in [0.1, 0.15) is 6.04 Å². The number of nitrogens with two attached hydrogens (primary N) is 1. The van der Waals surface area contributed by atoms with Crippen LogP contribution in [0.15, 0.2) is 41.7 Å². The van der Waals surface area contributed by atoms with Crippen molar-refractivity contribution in [2.24, 2.45) is 10.7 Å². The third-order valence-electron chi connectivity index (χ3n) is 5.14. The number of hydrogen-bond donors (Lipinski definition) is 2. The molecule has 0 bridgehead atoms. The van der Waals surface area contributed by atoms with Crippen molar-refractivity contribution in [2.75, 3.05) is 11.9 Å². The first-order valence-corrected chi connectivity index (χ1v) is 9.07. The van der Waals surface area contributed by atoms with E-state index in [9.17, 15) is 0 Å². The molecule has 1 heterocycles. The molecule has 3 unspecified atom stereocenters. The monoisotopic (exact) mass is 339 g/mol. The van der Waals surface area contributed by atoms with Crippen molar-refractivity contribution in [3.05, 3.63) is 47.8 Å². The third kappa shape index (κ3) is 3.26. The molecule has 0 saturated heterocycles. The average Bonchev–Trinajstić information content (AvgIpc) is 3.24. The van der Waals surface area contributed by atoms with E-state index in [0.717, 1.165) is 18.5 Å². The van der Waals surface area contributed by atoms with E-state index in [1.54, 1.807) is 6.20 Å². The molecule has 1 aromatic carbocycles. The van der Waals surface area contributed by atoms with Gasteiger partial charge in [0.15, 0.2) is 5.96 Å². The molecule has 0 radical (unpaired) electrons. The third-order valence-corrected chi connectivity index (χ3v) is 5.14. The second-order valence-corrected chi connectivity index (χ2v) is 6.75. The van der Waals surface area contributed by atoms with Gasteiger partial charge in [-0.15, -0.1) is 0 Å². The summed E-state index contributed by atoms with van der Waals surface area (Å²) in [4.78, 5) is 4.68. The Balaban J connectivity index is 1.46. The molecule has 2 aliphatic carbocycles. The zero-order valence-corrected chi connectivity index (χ0v) is 14.6. The molecular formula is C19H25N5O. The second kappa shape index (κ2) is 6.88. The van der Waals surface area contributed by atoms with Crippen molar-refractivity contribution in [1.82, 2.24) is 9.78 Å². The maximum atomic E-state index is 6.16. The van der Waals surface area contributed by atoms with Gasteiger partial charge in [0.2, 0.25) is 0 Å². The van der Waals surface area contributed by atoms with Crippen LogP contribution in [0.5, 0.6) is 0 Å². The summed E-state index contributed by atoms with van der Waals surface area (Å²) < 4.78 is 7.73. The molecular weight excluding hydrogens is 314 g/mol. The van der Waals surface area contributed by atoms with E-state index in [2.05, 4.69) is 33.6 Å². The van der Waals surface area contributed by atoms with Crippen LogP contribution in [0.25, 0.3) is 0 Å². The number of nitrogens with one attached hydrogen (secondary N) is 1. The van der Waals surface area contributed by atoms with Crippen molar-refractivity contribution >= 4 is 11.6 Å². The van der Waals surface area contributed by atoms with E-state index >= 15 is 0 Å². The normalized spacial score (nSPS) is 25.5. The van der Waals surface area contributed by atoms with Crippen molar-refractivity contribution in [3.63, 3.8) is 0 Å². The van der Waals surface area contributed by atoms with Crippen molar-refractivity contribution in [3.8, 4) is 0 Å². The van der Waals surface area contributed by atoms with Crippen molar-refractivity contribution in [1.29, 1.82) is 0 Å². The molecule has 1 saturated carbocycles. The summed E-state index contributed by atoms with van der Waals surface area (Å²) in [5, 5.41) is 7.60. The van der Waals surface area contributed by atoms with Gasteiger partial charge in [0, 0.05) is 31.1 Å². The fourth-order valence-electron chi connectivity index (χ4n) is 3.89. The second-order valence-electron chi connectivity index (χ2n) is 6.75. The van der Waals surface area contributed by atoms with Gasteiger partial charge < -0.3 is 15.8 Å². The molecule has 2 aliphatic rings. The van der Waals surface area contributed by atoms with Crippen LogP contribution in [0, 0.1) is 0 Å². The van der Waals surface area contributed by atoms with E-state index in [0.29, 0.717) is 12.6 Å². The fourth-order valence-corrected chi connectivity index (χ4v) is 3.89. The molecule has 6 nitrogen and oxygen atoms in total. The summed E-state index contributed by atoms with van der Waals surface area (Å²) in [5.74, 6) is 0.454. The van der Waals surface area contributed by atoms with E-state index in [1.807, 2.05) is 23.9 Å². The molecule has 0 amide bonds. The first kappa shape index (κ1) is 16.1. The molecule has 0 spiro atoms. The molecule has 3 N–H and O–H groups in total. The van der Waals surface area contributed by atoms with Gasteiger partial charge in [-0.05, 0) is 55.5 Å². The molecule has 4 rings (SSSR count). The molecule has 25 heavy (non-hydrogen) atoms. The molecule has 0 aliphatic heterocycles. The maximum absolute atomic E-state index is 6.16. The molecule has 132 valence electrons. The Hall–Kier alpha value is -2.34. The van der Waals surface area contributed by atoms with Gasteiger partial charge in [0.25, 0.3) is 0 Å². The SMILES string of the molecule is CCOC1CC(N=C(N)Nc2ccc3c(c2)CCC3)C1n1cccn1. The number of aryl methyl sites for hydroxylation is 2. The average molecular weight is 339 g/mol. The highest BCUT2D eigenvalue weighted by Gasteiger charge is 2.43. The van der Waals surface area contributed by atoms with E-state index in [4.69, 9.17) is 10.5 Å². The highest BCUT2D eigenvalue weighted by atomic mass is 16.5. The van der Waals surface area contributed by atoms with Crippen LogP contribution in [0.2, 0.25) is 0 Å². The van der Waals surface area contributed by atoms with Crippen molar-refractivity contribution < 1.29 is 4.74 Å². The van der Waals surface area contributed by atoms with Crippen LogP contribution < -0.4 is 11.1 Å². The van der Waals surface area contributed by atoms with Gasteiger partial charge in [-0.3, -0.25) is 4.68 Å². The standard InChI is InChI=1S/C19H25N5O/c1-2-25-17-12-16(18(17)24-10-4-9-21-24)23-19(20)22-15-8-7-13-5-3-6-14(13)11-15/h4,7-11,16-18H,2-3,5-6,12H2,1H3,(H3,20,22,23). The van der Waals surface area contributed by atoms with Crippen LogP contribution in [-0.4, -0.2) is 34.5 Å². The fraction of sp³-hybridized carbons (Fsp3) is 0.474. The number of anilines is 1. The first-order chi connectivity index (χ1) is 12.2. The lowest BCUT2D eigenvalue weighted by Gasteiger charge is -2.42. The summed E-state index contributed by atoms with van der Waals surface area (Å²) in [6, 6.07) is 8.59. The largest absolute Gasteiger partial charge is 0.376 e. The number of hydrogen-bond acceptors (Lipinski definition) is 3. The van der Waals surface area contributed by atoms with Crippen LogP contribution in [0.3, 0.4) is 0 Å². The summed E-state index contributed by atoms with van der Waals surface area (Å²) in [5.41, 5.74) is 10.1. The smallest absolute Gasteiger partial charge is 0.193 e. The first-order valence-electron chi connectivity index (χ1n) is 9.07. The number of aliphatic imine (C=N–C) groups is 1. The number of nitrogens with zero attached hydrogens (tertiary/aromatic N) is 3. The number of benzene rings is 1. The minimum absolute atomic E-state index is 0.0818. The van der Waals surface area contributed by atoms with Gasteiger partial charge in [-0.25, -0.2) is 4.99 Å². The predicted octanol–water partition coefficient (Wildman–Crippen LogP) is 2.52. The van der Waals surface area contributed by atoms with Gasteiger partial charge >= 0.3 is 0 Å². The lowest BCUT2D eigenvalue weighted by atomic mass is 9.83. The van der Waals surface area contributed by atoms with Crippen LogP contribution in [-0.2, 0) is 17.6 Å². The molecule has 1 fully saturated rings. The van der Waals surface area contributed by atoms with Gasteiger partial charge in [-0.2, -0.15) is 5.10 Å². The number of rotatable bonds is 5. The topological polar surface area (TPSA) is 77.5 Å². The number of guanidine groups is 1. The summed E-state index contributed by atoms with van der Waals surface area (Å²) in [6.07, 6.45) is 8.34. The molecule has 6 heteroatoms. The van der Waals surface area contributed by atoms with E-state index in [-0.39, 0.29) is 18.2 Å². The Morgan fingerprint density at radius 3 is 3.08 bits per heavy atom. The summed E-state index contributed by atoms with van der Waals surface area (Å²) >= 11 is 0. The molecule has 2 aromatic rings. The summed E-state index contributed by atoms with van der Waals surface area (Å²) in [6.45, 7) is 2.71. The van der Waals surface area contributed by atoms with Crippen LogP contribution in [0.4, 0.5) is 5.69 Å². The highest BCUT2D eigenvalue weighted by molar-refractivity contribution is 5.92. The van der Waals surface area contributed by atoms with Crippen molar-refractivity contribution in [2.45, 2.75) is 50.8 Å². The molecule has 3 atom stereocenters. The zero-order valence-electron chi connectivity index (χ0n) is 14.6. The Kier molecular flexibility index (Phi) is 4.44. The van der Waals surface area contributed by atoms with Gasteiger partial charge in [-0.1, -0.05) is 6.07 Å². The summed E-state index contributed by atoms with van der Waals surface area (Å²) in [7, 11) is 0. The number of aromatic nitrogens is 2. The lowest BCUT2D eigenvalue weighted by molar-refractivity contribution is -0.0505. The van der Waals surface area contributed by atoms with Gasteiger partial charge in [0.05, 0.1) is 12.1 Å².